The Morgan fingerprint density at radius 3 is 2.30 bits per heavy atom. The third-order valence-corrected chi connectivity index (χ3v) is 3.10. The molecule has 1 heterocycles. The predicted molar refractivity (Wildman–Crippen MR) is 81.7 cm³/mol. The molecule has 124 valence electrons. The van der Waals surface area contributed by atoms with Crippen LogP contribution in [0.15, 0.2) is 18.3 Å². The van der Waals surface area contributed by atoms with Gasteiger partial charge in [-0.25, -0.2) is 4.68 Å². The zero-order chi connectivity index (χ0) is 16.8. The molecule has 8 heteroatoms. The van der Waals surface area contributed by atoms with Gasteiger partial charge >= 0.3 is 5.97 Å². The van der Waals surface area contributed by atoms with Crippen molar-refractivity contribution in [2.75, 3.05) is 27.9 Å². The molecule has 0 unspecified atom stereocenters. The molecule has 0 atom stereocenters. The highest BCUT2D eigenvalue weighted by Crippen LogP contribution is 2.40. The fourth-order valence-corrected chi connectivity index (χ4v) is 2.08. The Balaban J connectivity index is 2.31. The maximum absolute atomic E-state index is 11.5. The first-order valence-electron chi connectivity index (χ1n) is 6.99. The fourth-order valence-electron chi connectivity index (χ4n) is 2.08. The summed E-state index contributed by atoms with van der Waals surface area (Å²) in [6, 6.07) is 3.53. The third-order valence-electron chi connectivity index (χ3n) is 3.10. The van der Waals surface area contributed by atoms with Crippen LogP contribution in [0.4, 0.5) is 0 Å². The van der Waals surface area contributed by atoms with E-state index >= 15 is 0 Å². The van der Waals surface area contributed by atoms with Gasteiger partial charge in [-0.3, -0.25) is 4.79 Å². The Labute approximate surface area is 133 Å². The van der Waals surface area contributed by atoms with Crippen LogP contribution in [0, 0.1) is 0 Å². The molecule has 2 rings (SSSR count). The van der Waals surface area contributed by atoms with E-state index in [1.54, 1.807) is 39.5 Å². The lowest BCUT2D eigenvalue weighted by atomic mass is 10.1. The average Bonchev–Trinajstić information content (AvgIpc) is 3.01. The van der Waals surface area contributed by atoms with Crippen LogP contribution >= 0.6 is 0 Å². The number of esters is 1. The fraction of sp³-hybridized carbons (Fsp3) is 0.400. The lowest BCUT2D eigenvalue weighted by Gasteiger charge is -2.13. The van der Waals surface area contributed by atoms with Crippen molar-refractivity contribution in [1.82, 2.24) is 15.0 Å². The molecule has 0 fully saturated rings. The molecule has 1 aromatic carbocycles. The van der Waals surface area contributed by atoms with Gasteiger partial charge < -0.3 is 18.9 Å². The van der Waals surface area contributed by atoms with Crippen molar-refractivity contribution >= 4 is 5.97 Å². The first-order chi connectivity index (χ1) is 11.1. The molecular weight excluding hydrogens is 302 g/mol. The number of rotatable bonds is 7. The van der Waals surface area contributed by atoms with E-state index in [9.17, 15) is 4.79 Å². The van der Waals surface area contributed by atoms with E-state index in [0.29, 0.717) is 29.5 Å². The summed E-state index contributed by atoms with van der Waals surface area (Å²) < 4.78 is 22.2. The van der Waals surface area contributed by atoms with Gasteiger partial charge in [-0.1, -0.05) is 5.21 Å². The number of hydrogen-bond acceptors (Lipinski definition) is 7. The summed E-state index contributed by atoms with van der Waals surface area (Å²) in [7, 11) is 4.62. The Morgan fingerprint density at radius 2 is 1.78 bits per heavy atom. The lowest BCUT2D eigenvalue weighted by molar-refractivity contribution is -0.144. The van der Waals surface area contributed by atoms with E-state index in [4.69, 9.17) is 18.9 Å². The van der Waals surface area contributed by atoms with E-state index in [-0.39, 0.29) is 12.5 Å². The second kappa shape index (κ2) is 7.48. The Bertz CT molecular complexity index is 658. The van der Waals surface area contributed by atoms with Crippen molar-refractivity contribution in [3.8, 4) is 28.5 Å². The average molecular weight is 321 g/mol. The second-order valence-corrected chi connectivity index (χ2v) is 4.52. The maximum atomic E-state index is 11.5. The minimum Gasteiger partial charge on any atom is -0.493 e. The van der Waals surface area contributed by atoms with Crippen LogP contribution < -0.4 is 14.2 Å². The van der Waals surface area contributed by atoms with Gasteiger partial charge in [0.2, 0.25) is 5.75 Å². The Hall–Kier alpha value is -2.77. The minimum absolute atomic E-state index is 0.00522. The van der Waals surface area contributed by atoms with Crippen LogP contribution in [0.1, 0.15) is 6.92 Å². The zero-order valence-electron chi connectivity index (χ0n) is 13.5. The highest BCUT2D eigenvalue weighted by atomic mass is 16.5. The van der Waals surface area contributed by atoms with Crippen molar-refractivity contribution in [3.63, 3.8) is 0 Å². The molecule has 0 aliphatic carbocycles. The van der Waals surface area contributed by atoms with Gasteiger partial charge in [0.25, 0.3) is 0 Å². The monoisotopic (exact) mass is 321 g/mol. The molecule has 1 aromatic heterocycles. The van der Waals surface area contributed by atoms with Gasteiger partial charge in [-0.2, -0.15) is 0 Å². The van der Waals surface area contributed by atoms with E-state index in [1.807, 2.05) is 0 Å². The molecule has 2 aromatic rings. The van der Waals surface area contributed by atoms with E-state index in [0.717, 1.165) is 5.56 Å². The number of aromatic nitrogens is 3. The summed E-state index contributed by atoms with van der Waals surface area (Å²) in [6.07, 6.45) is 1.65. The summed E-state index contributed by atoms with van der Waals surface area (Å²) >= 11 is 0. The number of carbonyl (C=O) groups excluding carboxylic acids is 1. The number of carbonyl (C=O) groups is 1. The quantitative estimate of drug-likeness (QED) is 0.715. The topological polar surface area (TPSA) is 84.7 Å². The molecule has 8 nitrogen and oxygen atoms in total. The van der Waals surface area contributed by atoms with Gasteiger partial charge in [-0.05, 0) is 19.1 Å². The standard InChI is InChI=1S/C15H19N3O5/c1-5-23-14(19)9-18-8-11(16-17-18)10-6-12(20-2)15(22-4)13(7-10)21-3/h6-8H,5,9H2,1-4H3. The van der Waals surface area contributed by atoms with Gasteiger partial charge in [0.15, 0.2) is 11.5 Å². The Morgan fingerprint density at radius 1 is 1.13 bits per heavy atom. The first-order valence-corrected chi connectivity index (χ1v) is 6.99. The van der Waals surface area contributed by atoms with Gasteiger partial charge in [0, 0.05) is 5.56 Å². The summed E-state index contributed by atoms with van der Waals surface area (Å²) in [5.74, 6) is 1.16. The molecule has 0 saturated carbocycles. The van der Waals surface area contributed by atoms with Crippen LogP contribution in [-0.2, 0) is 16.1 Å². The number of ether oxygens (including phenoxy) is 4. The van der Waals surface area contributed by atoms with Crippen molar-refractivity contribution in [2.45, 2.75) is 13.5 Å². The summed E-state index contributed by atoms with van der Waals surface area (Å²) in [5, 5.41) is 7.98. The summed E-state index contributed by atoms with van der Waals surface area (Å²) in [5.41, 5.74) is 1.31. The molecule has 0 saturated heterocycles. The van der Waals surface area contributed by atoms with Crippen LogP contribution in [0.25, 0.3) is 11.3 Å². The van der Waals surface area contributed by atoms with Crippen LogP contribution in [0.5, 0.6) is 17.2 Å². The lowest BCUT2D eigenvalue weighted by Crippen LogP contribution is -2.13. The normalized spacial score (nSPS) is 10.3. The molecule has 0 spiro atoms. The number of hydrogen-bond donors (Lipinski definition) is 0. The van der Waals surface area contributed by atoms with Crippen LogP contribution in [-0.4, -0.2) is 48.9 Å². The third kappa shape index (κ3) is 3.71. The smallest absolute Gasteiger partial charge is 0.327 e. The first kappa shape index (κ1) is 16.6. The molecule has 0 radical (unpaired) electrons. The number of benzene rings is 1. The van der Waals surface area contributed by atoms with Crippen molar-refractivity contribution in [3.05, 3.63) is 18.3 Å². The molecule has 0 aliphatic heterocycles. The van der Waals surface area contributed by atoms with Crippen LogP contribution in [0.2, 0.25) is 0 Å². The van der Waals surface area contributed by atoms with Crippen molar-refractivity contribution < 1.29 is 23.7 Å². The molecular formula is C15H19N3O5. The maximum Gasteiger partial charge on any atom is 0.327 e. The van der Waals surface area contributed by atoms with E-state index in [1.165, 1.54) is 11.8 Å². The second-order valence-electron chi connectivity index (χ2n) is 4.52. The van der Waals surface area contributed by atoms with Crippen molar-refractivity contribution in [2.24, 2.45) is 0 Å². The Kier molecular flexibility index (Phi) is 5.40. The van der Waals surface area contributed by atoms with E-state index in [2.05, 4.69) is 10.3 Å². The molecule has 23 heavy (non-hydrogen) atoms. The highest BCUT2D eigenvalue weighted by Gasteiger charge is 2.16. The van der Waals surface area contributed by atoms with Crippen molar-refractivity contribution in [1.29, 1.82) is 0 Å². The molecule has 0 aliphatic rings. The van der Waals surface area contributed by atoms with Gasteiger partial charge in [-0.15, -0.1) is 5.10 Å². The highest BCUT2D eigenvalue weighted by molar-refractivity contribution is 5.70. The van der Waals surface area contributed by atoms with Crippen LogP contribution in [0.3, 0.4) is 0 Å². The number of nitrogens with zero attached hydrogens (tertiary/aromatic N) is 3. The van der Waals surface area contributed by atoms with E-state index < -0.39 is 0 Å². The SMILES string of the molecule is CCOC(=O)Cn1cc(-c2cc(OC)c(OC)c(OC)c2)nn1. The number of methoxy groups -OCH3 is 3. The van der Waals surface area contributed by atoms with Gasteiger partial charge in [0.05, 0.1) is 34.1 Å². The predicted octanol–water partition coefficient (Wildman–Crippen LogP) is 1.53. The largest absolute Gasteiger partial charge is 0.493 e. The van der Waals surface area contributed by atoms with Gasteiger partial charge in [0.1, 0.15) is 12.2 Å². The minimum atomic E-state index is -0.367. The summed E-state index contributed by atoms with van der Waals surface area (Å²) in [6.45, 7) is 2.08. The summed E-state index contributed by atoms with van der Waals surface area (Å²) in [4.78, 5) is 11.5. The molecule has 0 bridgehead atoms. The molecule has 0 amide bonds. The zero-order valence-corrected chi connectivity index (χ0v) is 13.5. The molecule has 0 N–H and O–H groups in total.